The van der Waals surface area contributed by atoms with Crippen LogP contribution in [-0.2, 0) is 6.54 Å². The van der Waals surface area contributed by atoms with Gasteiger partial charge < -0.3 is 10.5 Å². The third kappa shape index (κ3) is 3.33. The van der Waals surface area contributed by atoms with Crippen molar-refractivity contribution in [1.82, 2.24) is 0 Å². The monoisotopic (exact) mass is 275 g/mol. The van der Waals surface area contributed by atoms with Gasteiger partial charge in [-0.25, -0.2) is 0 Å². The van der Waals surface area contributed by atoms with E-state index in [0.29, 0.717) is 18.2 Å². The SMILES string of the molecule is C=C(Cl)COc1ccc(Br)c(CN)c1. The largest absolute Gasteiger partial charge is 0.488 e. The molecule has 0 saturated carbocycles. The lowest BCUT2D eigenvalue weighted by Crippen LogP contribution is -2.00. The first kappa shape index (κ1) is 11.6. The van der Waals surface area contributed by atoms with Crippen LogP contribution < -0.4 is 10.5 Å². The van der Waals surface area contributed by atoms with Crippen LogP contribution in [0.1, 0.15) is 5.56 Å². The maximum Gasteiger partial charge on any atom is 0.123 e. The van der Waals surface area contributed by atoms with E-state index in [1.165, 1.54) is 0 Å². The number of ether oxygens (including phenoxy) is 1. The molecule has 0 unspecified atom stereocenters. The first-order chi connectivity index (χ1) is 6.63. The van der Waals surface area contributed by atoms with E-state index in [1.54, 1.807) is 0 Å². The van der Waals surface area contributed by atoms with E-state index < -0.39 is 0 Å². The Kier molecular flexibility index (Phi) is 4.45. The average Bonchev–Trinajstić information content (AvgIpc) is 2.16. The van der Waals surface area contributed by atoms with Crippen molar-refractivity contribution in [3.8, 4) is 5.75 Å². The van der Waals surface area contributed by atoms with Crippen molar-refractivity contribution in [2.75, 3.05) is 6.61 Å². The number of rotatable bonds is 4. The summed E-state index contributed by atoms with van der Waals surface area (Å²) in [6.07, 6.45) is 0. The average molecular weight is 277 g/mol. The van der Waals surface area contributed by atoms with Gasteiger partial charge in [0.15, 0.2) is 0 Å². The summed E-state index contributed by atoms with van der Waals surface area (Å²) in [5.41, 5.74) is 6.55. The highest BCUT2D eigenvalue weighted by atomic mass is 79.9. The first-order valence-electron chi connectivity index (χ1n) is 4.08. The summed E-state index contributed by atoms with van der Waals surface area (Å²) < 4.78 is 6.34. The molecule has 0 radical (unpaired) electrons. The van der Waals surface area contributed by atoms with Crippen LogP contribution in [0.15, 0.2) is 34.3 Å². The lowest BCUT2D eigenvalue weighted by Gasteiger charge is -2.07. The van der Waals surface area contributed by atoms with Crippen LogP contribution in [0.25, 0.3) is 0 Å². The van der Waals surface area contributed by atoms with E-state index in [2.05, 4.69) is 22.5 Å². The Bertz CT molecular complexity index is 341. The van der Waals surface area contributed by atoms with Crippen LogP contribution in [-0.4, -0.2) is 6.61 Å². The summed E-state index contributed by atoms with van der Waals surface area (Å²) in [6, 6.07) is 5.63. The molecule has 0 aliphatic carbocycles. The number of nitrogens with two attached hydrogens (primary N) is 1. The van der Waals surface area contributed by atoms with Gasteiger partial charge in [0.25, 0.3) is 0 Å². The Hall–Kier alpha value is -0.510. The molecule has 0 saturated heterocycles. The molecule has 1 aromatic rings. The van der Waals surface area contributed by atoms with Gasteiger partial charge in [-0.3, -0.25) is 0 Å². The second-order valence-corrected chi connectivity index (χ2v) is 4.15. The lowest BCUT2D eigenvalue weighted by molar-refractivity contribution is 0.359. The van der Waals surface area contributed by atoms with E-state index in [4.69, 9.17) is 22.1 Å². The molecule has 0 amide bonds. The maximum atomic E-state index is 5.58. The zero-order valence-electron chi connectivity index (χ0n) is 7.59. The van der Waals surface area contributed by atoms with Gasteiger partial charge in [-0.1, -0.05) is 34.1 Å². The highest BCUT2D eigenvalue weighted by Gasteiger charge is 2.00. The molecular formula is C10H11BrClNO. The Morgan fingerprint density at radius 2 is 2.29 bits per heavy atom. The molecule has 2 nitrogen and oxygen atoms in total. The van der Waals surface area contributed by atoms with Crippen molar-refractivity contribution in [1.29, 1.82) is 0 Å². The van der Waals surface area contributed by atoms with Crippen molar-refractivity contribution < 1.29 is 4.74 Å². The van der Waals surface area contributed by atoms with Crippen LogP contribution in [0, 0.1) is 0 Å². The molecule has 0 aromatic heterocycles. The van der Waals surface area contributed by atoms with Crippen molar-refractivity contribution in [2.24, 2.45) is 5.73 Å². The second-order valence-electron chi connectivity index (χ2n) is 2.76. The fraction of sp³-hybridized carbons (Fsp3) is 0.200. The van der Waals surface area contributed by atoms with E-state index in [1.807, 2.05) is 18.2 Å². The molecular weight excluding hydrogens is 265 g/mol. The van der Waals surface area contributed by atoms with Crippen molar-refractivity contribution >= 4 is 27.5 Å². The Balaban J connectivity index is 2.74. The van der Waals surface area contributed by atoms with Crippen LogP contribution in [0.3, 0.4) is 0 Å². The second kappa shape index (κ2) is 5.39. The van der Waals surface area contributed by atoms with Crippen LogP contribution in [0.2, 0.25) is 0 Å². The van der Waals surface area contributed by atoms with E-state index in [9.17, 15) is 0 Å². The summed E-state index contributed by atoms with van der Waals surface area (Å²) in [4.78, 5) is 0. The zero-order chi connectivity index (χ0) is 10.6. The summed E-state index contributed by atoms with van der Waals surface area (Å²) in [5, 5.41) is 0.474. The summed E-state index contributed by atoms with van der Waals surface area (Å²) >= 11 is 8.97. The molecule has 0 aliphatic rings. The molecule has 4 heteroatoms. The number of halogens is 2. The van der Waals surface area contributed by atoms with Gasteiger partial charge in [-0.2, -0.15) is 0 Å². The number of hydrogen-bond acceptors (Lipinski definition) is 2. The Morgan fingerprint density at radius 3 is 2.86 bits per heavy atom. The van der Waals surface area contributed by atoms with Gasteiger partial charge >= 0.3 is 0 Å². The molecule has 0 bridgehead atoms. The minimum Gasteiger partial charge on any atom is -0.488 e. The minimum absolute atomic E-state index is 0.313. The van der Waals surface area contributed by atoms with E-state index in [0.717, 1.165) is 15.8 Å². The predicted molar refractivity (Wildman–Crippen MR) is 62.5 cm³/mol. The maximum absolute atomic E-state index is 5.58. The Labute approximate surface area is 96.8 Å². The highest BCUT2D eigenvalue weighted by Crippen LogP contribution is 2.22. The van der Waals surface area contributed by atoms with Gasteiger partial charge in [0.2, 0.25) is 0 Å². The van der Waals surface area contributed by atoms with Crippen molar-refractivity contribution in [2.45, 2.75) is 6.54 Å². The first-order valence-corrected chi connectivity index (χ1v) is 5.25. The predicted octanol–water partition coefficient (Wildman–Crippen LogP) is 3.04. The minimum atomic E-state index is 0.313. The molecule has 14 heavy (non-hydrogen) atoms. The molecule has 1 aromatic carbocycles. The number of benzene rings is 1. The zero-order valence-corrected chi connectivity index (χ0v) is 9.94. The topological polar surface area (TPSA) is 35.2 Å². The molecule has 0 aliphatic heterocycles. The van der Waals surface area contributed by atoms with Crippen molar-refractivity contribution in [3.63, 3.8) is 0 Å². The highest BCUT2D eigenvalue weighted by molar-refractivity contribution is 9.10. The van der Waals surface area contributed by atoms with Gasteiger partial charge in [-0.15, -0.1) is 0 Å². The lowest BCUT2D eigenvalue weighted by atomic mass is 10.2. The van der Waals surface area contributed by atoms with Gasteiger partial charge in [0.1, 0.15) is 12.4 Å². The van der Waals surface area contributed by atoms with Crippen LogP contribution >= 0.6 is 27.5 Å². The van der Waals surface area contributed by atoms with Crippen LogP contribution in [0.4, 0.5) is 0 Å². The third-order valence-electron chi connectivity index (χ3n) is 1.63. The molecule has 0 atom stereocenters. The summed E-state index contributed by atoms with van der Waals surface area (Å²) in [5.74, 6) is 0.746. The van der Waals surface area contributed by atoms with E-state index in [-0.39, 0.29) is 0 Å². The summed E-state index contributed by atoms with van der Waals surface area (Å²) in [7, 11) is 0. The molecule has 76 valence electrons. The van der Waals surface area contributed by atoms with Crippen LogP contribution in [0.5, 0.6) is 5.75 Å². The smallest absolute Gasteiger partial charge is 0.123 e. The van der Waals surface area contributed by atoms with Gasteiger partial charge in [0, 0.05) is 16.0 Å². The quantitative estimate of drug-likeness (QED) is 0.917. The fourth-order valence-electron chi connectivity index (χ4n) is 0.959. The molecule has 0 fully saturated rings. The van der Waals surface area contributed by atoms with E-state index >= 15 is 0 Å². The fourth-order valence-corrected chi connectivity index (χ4v) is 1.42. The normalized spacial score (nSPS) is 9.93. The van der Waals surface area contributed by atoms with Gasteiger partial charge in [0.05, 0.1) is 0 Å². The summed E-state index contributed by atoms with van der Waals surface area (Å²) in [6.45, 7) is 4.32. The van der Waals surface area contributed by atoms with Crippen molar-refractivity contribution in [3.05, 3.63) is 39.8 Å². The number of hydrogen-bond donors (Lipinski definition) is 1. The third-order valence-corrected chi connectivity index (χ3v) is 2.52. The Morgan fingerprint density at radius 1 is 1.57 bits per heavy atom. The van der Waals surface area contributed by atoms with Gasteiger partial charge in [-0.05, 0) is 23.8 Å². The molecule has 0 heterocycles. The standard InChI is InChI=1S/C10H11BrClNO/c1-7(12)6-14-9-2-3-10(11)8(4-9)5-13/h2-4H,1,5-6,13H2. The molecule has 1 rings (SSSR count). The molecule has 0 spiro atoms. The molecule has 2 N–H and O–H groups in total.